The fourth-order valence-electron chi connectivity index (χ4n) is 3.53. The predicted molar refractivity (Wildman–Crippen MR) is 95.5 cm³/mol. The molecule has 1 aliphatic carbocycles. The summed E-state index contributed by atoms with van der Waals surface area (Å²) < 4.78 is 0. The average molecular weight is 378 g/mol. The van der Waals surface area contributed by atoms with Gasteiger partial charge < -0.3 is 5.32 Å². The lowest BCUT2D eigenvalue weighted by molar-refractivity contribution is -0.145. The van der Waals surface area contributed by atoms with Crippen molar-refractivity contribution in [3.05, 3.63) is 29.3 Å². The Morgan fingerprint density at radius 3 is 2.54 bits per heavy atom. The Kier molecular flexibility index (Phi) is 5.27. The van der Waals surface area contributed by atoms with Gasteiger partial charge in [-0.15, -0.1) is 0 Å². The molecule has 0 aromatic heterocycles. The van der Waals surface area contributed by atoms with E-state index in [4.69, 9.17) is 11.6 Å². The topological polar surface area (TPSA) is 86.8 Å². The highest BCUT2D eigenvalue weighted by molar-refractivity contribution is 6.45. The molecular weight excluding hydrogens is 358 g/mol. The van der Waals surface area contributed by atoms with Crippen molar-refractivity contribution in [3.8, 4) is 0 Å². The minimum atomic E-state index is -0.956. The van der Waals surface area contributed by atoms with Crippen LogP contribution >= 0.6 is 11.6 Å². The van der Waals surface area contributed by atoms with Crippen LogP contribution < -0.4 is 5.32 Å². The normalized spacial score (nSPS) is 23.5. The predicted octanol–water partition coefficient (Wildman–Crippen LogP) is 2.65. The number of benzene rings is 1. The van der Waals surface area contributed by atoms with Gasteiger partial charge in [0.2, 0.25) is 5.91 Å². The Labute approximate surface area is 156 Å². The van der Waals surface area contributed by atoms with Gasteiger partial charge in [-0.3, -0.25) is 19.3 Å². The highest BCUT2D eigenvalue weighted by atomic mass is 35.5. The van der Waals surface area contributed by atoms with Crippen LogP contribution in [0.4, 0.5) is 10.5 Å². The van der Waals surface area contributed by atoms with Crippen LogP contribution in [0.25, 0.3) is 0 Å². The summed E-state index contributed by atoms with van der Waals surface area (Å²) in [5, 5.41) is 2.89. The molecule has 1 saturated heterocycles. The number of imide groups is 2. The van der Waals surface area contributed by atoms with E-state index in [1.165, 1.54) is 0 Å². The van der Waals surface area contributed by atoms with Crippen molar-refractivity contribution in [3.63, 3.8) is 0 Å². The van der Waals surface area contributed by atoms with Crippen molar-refractivity contribution >= 4 is 41.0 Å². The van der Waals surface area contributed by atoms with E-state index in [1.807, 2.05) is 6.92 Å². The summed E-state index contributed by atoms with van der Waals surface area (Å²) in [7, 11) is 0. The highest BCUT2D eigenvalue weighted by Gasteiger charge is 2.49. The van der Waals surface area contributed by atoms with Crippen LogP contribution in [0.2, 0.25) is 5.02 Å². The molecule has 3 rings (SSSR count). The first-order chi connectivity index (χ1) is 12.4. The van der Waals surface area contributed by atoms with Gasteiger partial charge in [0.05, 0.1) is 10.7 Å². The summed E-state index contributed by atoms with van der Waals surface area (Å²) in [6.07, 6.45) is 3.55. The molecule has 1 aliphatic heterocycles. The lowest BCUT2D eigenvalue weighted by Crippen LogP contribution is -2.46. The van der Waals surface area contributed by atoms with Crippen LogP contribution in [0.15, 0.2) is 24.3 Å². The fraction of sp³-hybridized carbons (Fsp3) is 0.444. The average Bonchev–Trinajstić information content (AvgIpc) is 2.81. The van der Waals surface area contributed by atoms with Crippen molar-refractivity contribution in [1.29, 1.82) is 0 Å². The number of hydrogen-bond donors (Lipinski definition) is 1. The molecule has 138 valence electrons. The second-order valence-corrected chi connectivity index (χ2v) is 7.11. The van der Waals surface area contributed by atoms with Gasteiger partial charge in [0.25, 0.3) is 0 Å². The fourth-order valence-corrected chi connectivity index (χ4v) is 3.71. The Morgan fingerprint density at radius 2 is 1.85 bits per heavy atom. The van der Waals surface area contributed by atoms with E-state index >= 15 is 0 Å². The minimum Gasteiger partial charge on any atom is -0.323 e. The van der Waals surface area contributed by atoms with E-state index in [9.17, 15) is 19.2 Å². The summed E-state index contributed by atoms with van der Waals surface area (Å²) in [4.78, 5) is 51.2. The third-order valence-electron chi connectivity index (χ3n) is 4.93. The SMILES string of the molecule is C[C@@H]1CCCC[C@H]1N1C(=O)C(=O)N(CC(=O)Nc2ccccc2Cl)C1=O. The maximum Gasteiger partial charge on any atom is 0.334 e. The zero-order valence-electron chi connectivity index (χ0n) is 14.4. The summed E-state index contributed by atoms with van der Waals surface area (Å²) in [6.45, 7) is 1.45. The molecule has 1 N–H and O–H groups in total. The standard InChI is InChI=1S/C18H20ClN3O4/c1-11-6-2-5-9-14(11)22-17(25)16(24)21(18(22)26)10-15(23)20-13-8-4-3-7-12(13)19/h3-4,7-8,11,14H,2,5-6,9-10H2,1H3,(H,20,23)/t11-,14-/m1/s1. The third kappa shape index (κ3) is 3.44. The Hall–Kier alpha value is -2.41. The highest BCUT2D eigenvalue weighted by Crippen LogP contribution is 2.31. The first-order valence-corrected chi connectivity index (χ1v) is 9.01. The summed E-state index contributed by atoms with van der Waals surface area (Å²) in [6, 6.07) is 5.63. The van der Waals surface area contributed by atoms with Crippen LogP contribution in [0.1, 0.15) is 32.6 Å². The number of carbonyl (C=O) groups is 4. The van der Waals surface area contributed by atoms with Gasteiger partial charge in [-0.1, -0.05) is 43.5 Å². The summed E-state index contributed by atoms with van der Waals surface area (Å²) in [5.41, 5.74) is 0.377. The lowest BCUT2D eigenvalue weighted by atomic mass is 9.85. The molecule has 0 radical (unpaired) electrons. The molecule has 0 spiro atoms. The smallest absolute Gasteiger partial charge is 0.323 e. The van der Waals surface area contributed by atoms with Crippen LogP contribution in [-0.2, 0) is 14.4 Å². The quantitative estimate of drug-likeness (QED) is 0.645. The van der Waals surface area contributed by atoms with Crippen LogP contribution in [0.5, 0.6) is 0 Å². The molecule has 0 unspecified atom stereocenters. The van der Waals surface area contributed by atoms with Gasteiger partial charge in [0.1, 0.15) is 6.54 Å². The second-order valence-electron chi connectivity index (χ2n) is 6.71. The van der Waals surface area contributed by atoms with Crippen molar-refractivity contribution in [2.24, 2.45) is 5.92 Å². The van der Waals surface area contributed by atoms with Crippen LogP contribution in [0, 0.1) is 5.92 Å². The van der Waals surface area contributed by atoms with Gasteiger partial charge in [0, 0.05) is 6.04 Å². The number of amides is 5. The molecule has 1 aromatic carbocycles. The van der Waals surface area contributed by atoms with E-state index in [0.29, 0.717) is 22.0 Å². The maximum absolute atomic E-state index is 12.6. The molecule has 8 heteroatoms. The number of nitrogens with zero attached hydrogens (tertiary/aromatic N) is 2. The van der Waals surface area contributed by atoms with E-state index in [-0.39, 0.29) is 12.0 Å². The summed E-state index contributed by atoms with van der Waals surface area (Å²) >= 11 is 5.98. The monoisotopic (exact) mass is 377 g/mol. The van der Waals surface area contributed by atoms with Gasteiger partial charge >= 0.3 is 17.8 Å². The first-order valence-electron chi connectivity index (χ1n) is 8.63. The lowest BCUT2D eigenvalue weighted by Gasteiger charge is -2.34. The van der Waals surface area contributed by atoms with Gasteiger partial charge in [0.15, 0.2) is 0 Å². The van der Waals surface area contributed by atoms with Crippen molar-refractivity contribution in [2.45, 2.75) is 38.6 Å². The number of hydrogen-bond acceptors (Lipinski definition) is 4. The molecule has 2 fully saturated rings. The molecule has 2 atom stereocenters. The minimum absolute atomic E-state index is 0.140. The number of urea groups is 1. The van der Waals surface area contributed by atoms with Gasteiger partial charge in [-0.25, -0.2) is 9.69 Å². The molecule has 2 aliphatic rings. The molecule has 1 aromatic rings. The largest absolute Gasteiger partial charge is 0.334 e. The number of nitrogens with one attached hydrogen (secondary N) is 1. The molecule has 26 heavy (non-hydrogen) atoms. The summed E-state index contributed by atoms with van der Waals surface area (Å²) in [5.74, 6) is -2.26. The number of rotatable bonds is 4. The maximum atomic E-state index is 12.6. The Balaban J connectivity index is 1.71. The number of carbonyl (C=O) groups excluding carboxylic acids is 4. The number of halogens is 1. The van der Waals surface area contributed by atoms with Crippen LogP contribution in [0.3, 0.4) is 0 Å². The second kappa shape index (κ2) is 7.45. The molecular formula is C18H20ClN3O4. The van der Waals surface area contributed by atoms with E-state index in [1.54, 1.807) is 24.3 Å². The molecule has 1 heterocycles. The van der Waals surface area contributed by atoms with E-state index in [2.05, 4.69) is 5.32 Å². The Bertz CT molecular complexity index is 767. The van der Waals surface area contributed by atoms with E-state index in [0.717, 1.165) is 24.2 Å². The van der Waals surface area contributed by atoms with E-state index < -0.39 is 30.3 Å². The van der Waals surface area contributed by atoms with Crippen LogP contribution in [-0.4, -0.2) is 46.1 Å². The van der Waals surface area contributed by atoms with Crippen molar-refractivity contribution < 1.29 is 19.2 Å². The van der Waals surface area contributed by atoms with Gasteiger partial charge in [-0.05, 0) is 30.9 Å². The molecule has 7 nitrogen and oxygen atoms in total. The van der Waals surface area contributed by atoms with Gasteiger partial charge in [-0.2, -0.15) is 0 Å². The van der Waals surface area contributed by atoms with Crippen molar-refractivity contribution in [2.75, 3.05) is 11.9 Å². The van der Waals surface area contributed by atoms with Crippen molar-refractivity contribution in [1.82, 2.24) is 9.80 Å². The number of anilines is 1. The molecule has 1 saturated carbocycles. The molecule has 0 bridgehead atoms. The zero-order chi connectivity index (χ0) is 18.8. The Morgan fingerprint density at radius 1 is 1.15 bits per heavy atom. The first kappa shape index (κ1) is 18.4. The third-order valence-corrected chi connectivity index (χ3v) is 5.26. The molecule has 5 amide bonds. The number of para-hydroxylation sites is 1. The zero-order valence-corrected chi connectivity index (χ0v) is 15.2.